The van der Waals surface area contributed by atoms with Gasteiger partial charge in [-0.2, -0.15) is 25.3 Å². The molecule has 0 radical (unpaired) electrons. The fourth-order valence-corrected chi connectivity index (χ4v) is 3.11. The molecule has 0 aromatic rings. The van der Waals surface area contributed by atoms with E-state index in [0.717, 1.165) is 18.8 Å². The molecule has 0 saturated carbocycles. The lowest BCUT2D eigenvalue weighted by molar-refractivity contribution is 0.129. The van der Waals surface area contributed by atoms with E-state index < -0.39 is 36.5 Å². The van der Waals surface area contributed by atoms with Crippen molar-refractivity contribution in [1.29, 1.82) is 0 Å². The van der Waals surface area contributed by atoms with E-state index >= 15 is 0 Å². The maximum Gasteiger partial charge on any atom is 0.264 e. The summed E-state index contributed by atoms with van der Waals surface area (Å²) in [5.74, 6) is 0. The van der Waals surface area contributed by atoms with Gasteiger partial charge < -0.3 is 0 Å². The van der Waals surface area contributed by atoms with Crippen molar-refractivity contribution in [3.05, 3.63) is 0 Å². The second-order valence-corrected chi connectivity index (χ2v) is 10.0. The first kappa shape index (κ1) is 22.7. The molecule has 0 aromatic carbocycles. The van der Waals surface area contributed by atoms with Crippen LogP contribution in [0, 0.1) is 0 Å². The summed E-state index contributed by atoms with van der Waals surface area (Å²) in [5, 5.41) is 0. The van der Waals surface area contributed by atoms with Gasteiger partial charge in [0.05, 0.1) is 32.0 Å². The number of hydrogen-bond donors (Lipinski definition) is 0. The van der Waals surface area contributed by atoms with Crippen LogP contribution >= 0.6 is 0 Å². The van der Waals surface area contributed by atoms with Crippen molar-refractivity contribution in [3.8, 4) is 0 Å². The first-order valence-electron chi connectivity index (χ1n) is 6.85. The Bertz CT molecular complexity index is 634. The highest BCUT2D eigenvalue weighted by Gasteiger charge is 2.18. The summed E-state index contributed by atoms with van der Waals surface area (Å²) in [6.45, 7) is -0.275. The summed E-state index contributed by atoms with van der Waals surface area (Å²) < 4.78 is 79.6. The largest absolute Gasteiger partial charge is 0.270 e. The summed E-state index contributed by atoms with van der Waals surface area (Å²) >= 11 is 0. The van der Waals surface area contributed by atoms with Crippen molar-refractivity contribution in [2.75, 3.05) is 32.0 Å². The summed E-state index contributed by atoms with van der Waals surface area (Å²) in [6.07, 6.45) is 4.64. The molecule has 140 valence electrons. The zero-order chi connectivity index (χ0) is 18.1. The third-order valence-corrected chi connectivity index (χ3v) is 4.28. The lowest BCUT2D eigenvalue weighted by Gasteiger charge is -2.15. The Morgan fingerprint density at radius 3 is 1.70 bits per heavy atom. The zero-order valence-electron chi connectivity index (χ0n) is 13.4. The molecule has 0 aliphatic carbocycles. The van der Waals surface area contributed by atoms with Crippen molar-refractivity contribution in [2.45, 2.75) is 38.2 Å². The highest BCUT2D eigenvalue weighted by Crippen LogP contribution is 2.12. The molecular weight excluding hydrogens is 372 g/mol. The van der Waals surface area contributed by atoms with Crippen molar-refractivity contribution in [2.24, 2.45) is 0 Å². The SMILES string of the molecule is CS(=O)(=O)OCCCCCCC(COS(C)(=O)=O)OS(C)(=O)=O. The van der Waals surface area contributed by atoms with Gasteiger partial charge in [-0.05, 0) is 12.8 Å². The molecular formula is C11H24O9S3. The molecule has 0 fully saturated rings. The molecule has 23 heavy (non-hydrogen) atoms. The second-order valence-electron chi connectivity index (χ2n) is 5.14. The number of unbranched alkanes of at least 4 members (excludes halogenated alkanes) is 3. The Labute approximate surface area is 138 Å². The van der Waals surface area contributed by atoms with Gasteiger partial charge in [-0.3, -0.25) is 12.5 Å². The van der Waals surface area contributed by atoms with Crippen molar-refractivity contribution < 1.29 is 37.8 Å². The van der Waals surface area contributed by atoms with Crippen LogP contribution in [0.2, 0.25) is 0 Å². The van der Waals surface area contributed by atoms with Crippen LogP contribution in [0.1, 0.15) is 32.1 Å². The van der Waals surface area contributed by atoms with Crippen LogP contribution in [-0.4, -0.2) is 63.3 Å². The van der Waals surface area contributed by atoms with Crippen LogP contribution in [0.3, 0.4) is 0 Å². The standard InChI is InChI=1S/C11H24O9S3/c1-21(12,13)18-9-7-5-4-6-8-11(20-23(3,16)17)10-19-22(2,14)15/h11H,4-10H2,1-3H3. The molecule has 0 rings (SSSR count). The maximum absolute atomic E-state index is 11.1. The predicted octanol–water partition coefficient (Wildman–Crippen LogP) is 0.234. The van der Waals surface area contributed by atoms with E-state index in [0.29, 0.717) is 32.1 Å². The summed E-state index contributed by atoms with van der Waals surface area (Å²) in [4.78, 5) is 0. The molecule has 0 aliphatic rings. The third kappa shape index (κ3) is 17.9. The minimum absolute atomic E-state index is 0.0965. The molecule has 1 unspecified atom stereocenters. The van der Waals surface area contributed by atoms with E-state index in [4.69, 9.17) is 4.18 Å². The Morgan fingerprint density at radius 1 is 0.696 bits per heavy atom. The van der Waals surface area contributed by atoms with Gasteiger partial charge in [0.2, 0.25) is 0 Å². The zero-order valence-corrected chi connectivity index (χ0v) is 15.9. The van der Waals surface area contributed by atoms with Gasteiger partial charge in [0, 0.05) is 0 Å². The molecule has 12 heteroatoms. The molecule has 9 nitrogen and oxygen atoms in total. The lowest BCUT2D eigenvalue weighted by atomic mass is 10.1. The van der Waals surface area contributed by atoms with Crippen LogP contribution in [0.15, 0.2) is 0 Å². The molecule has 0 heterocycles. The van der Waals surface area contributed by atoms with Gasteiger partial charge in [-0.15, -0.1) is 0 Å². The summed E-state index contributed by atoms with van der Waals surface area (Å²) in [7, 11) is -10.8. The van der Waals surface area contributed by atoms with Crippen LogP contribution in [0.4, 0.5) is 0 Å². The van der Waals surface area contributed by atoms with Crippen LogP contribution < -0.4 is 0 Å². The Kier molecular flexibility index (Phi) is 9.77. The van der Waals surface area contributed by atoms with Crippen LogP contribution in [0.25, 0.3) is 0 Å². The fourth-order valence-electron chi connectivity index (χ4n) is 1.64. The topological polar surface area (TPSA) is 130 Å². The molecule has 0 bridgehead atoms. The minimum atomic E-state index is -3.72. The Hall–Kier alpha value is -0.270. The van der Waals surface area contributed by atoms with E-state index in [1.807, 2.05) is 0 Å². The predicted molar refractivity (Wildman–Crippen MR) is 84.4 cm³/mol. The monoisotopic (exact) mass is 396 g/mol. The third-order valence-electron chi connectivity index (χ3n) is 2.50. The van der Waals surface area contributed by atoms with Crippen molar-refractivity contribution in [1.82, 2.24) is 0 Å². The Morgan fingerprint density at radius 2 is 1.22 bits per heavy atom. The average molecular weight is 397 g/mol. The molecule has 0 aliphatic heterocycles. The van der Waals surface area contributed by atoms with E-state index in [2.05, 4.69) is 8.37 Å². The summed E-state index contributed by atoms with van der Waals surface area (Å²) in [5.41, 5.74) is 0. The molecule has 0 spiro atoms. The molecule has 0 N–H and O–H groups in total. The van der Waals surface area contributed by atoms with E-state index in [-0.39, 0.29) is 13.2 Å². The number of hydrogen-bond acceptors (Lipinski definition) is 9. The normalized spacial score (nSPS) is 14.7. The van der Waals surface area contributed by atoms with E-state index in [9.17, 15) is 25.3 Å². The molecule has 0 amide bonds. The maximum atomic E-state index is 11.1. The van der Waals surface area contributed by atoms with Gasteiger partial charge in [-0.25, -0.2) is 0 Å². The van der Waals surface area contributed by atoms with Gasteiger partial charge in [0.25, 0.3) is 30.4 Å². The quantitative estimate of drug-likeness (QED) is 0.317. The van der Waals surface area contributed by atoms with Crippen LogP contribution in [0.5, 0.6) is 0 Å². The summed E-state index contributed by atoms with van der Waals surface area (Å²) in [6, 6.07) is 0. The first-order chi connectivity index (χ1) is 10.3. The molecule has 0 aromatic heterocycles. The van der Waals surface area contributed by atoms with Gasteiger partial charge in [-0.1, -0.05) is 19.3 Å². The highest BCUT2D eigenvalue weighted by atomic mass is 32.2. The van der Waals surface area contributed by atoms with Crippen LogP contribution in [-0.2, 0) is 42.9 Å². The van der Waals surface area contributed by atoms with Gasteiger partial charge in [0.15, 0.2) is 0 Å². The Balaban J connectivity index is 4.09. The van der Waals surface area contributed by atoms with Gasteiger partial charge >= 0.3 is 0 Å². The first-order valence-corrected chi connectivity index (χ1v) is 12.3. The smallest absolute Gasteiger partial charge is 0.264 e. The van der Waals surface area contributed by atoms with E-state index in [1.165, 1.54) is 0 Å². The fraction of sp³-hybridized carbons (Fsp3) is 1.00. The molecule has 0 saturated heterocycles. The molecule has 1 atom stereocenters. The minimum Gasteiger partial charge on any atom is -0.270 e. The van der Waals surface area contributed by atoms with Gasteiger partial charge in [0.1, 0.15) is 6.10 Å². The van der Waals surface area contributed by atoms with Crippen molar-refractivity contribution in [3.63, 3.8) is 0 Å². The average Bonchev–Trinajstić information content (AvgIpc) is 2.30. The number of rotatable bonds is 13. The van der Waals surface area contributed by atoms with E-state index in [1.54, 1.807) is 0 Å². The lowest BCUT2D eigenvalue weighted by Crippen LogP contribution is -2.24. The highest BCUT2D eigenvalue weighted by molar-refractivity contribution is 7.86. The van der Waals surface area contributed by atoms with Crippen molar-refractivity contribution >= 4 is 30.4 Å². The second kappa shape index (κ2) is 9.89.